The third-order valence-corrected chi connectivity index (χ3v) is 10.5. The van der Waals surface area contributed by atoms with Crippen LogP contribution in [0.15, 0.2) is 173 Å². The molecule has 0 aliphatic carbocycles. The van der Waals surface area contributed by atoms with Crippen LogP contribution >= 0.6 is 0 Å². The molecule has 3 heteroatoms. The van der Waals surface area contributed by atoms with Gasteiger partial charge in [-0.05, 0) is 64.7 Å². The molecular formula is C48H29NO2. The molecule has 10 aromatic rings. The summed E-state index contributed by atoms with van der Waals surface area (Å²) in [5.74, 6) is 0.811. The summed E-state index contributed by atoms with van der Waals surface area (Å²) >= 11 is 0. The first-order chi connectivity index (χ1) is 25.3. The van der Waals surface area contributed by atoms with Crippen molar-refractivity contribution in [3.63, 3.8) is 0 Å². The SMILES string of the molecule is C=C/C=C\c1oc2ccccc2c1-c1cccc2c1-n1c3ccccc3c3cc(-c4cccc5oc6ccccc6c45)cc(c31)-c1ccccc1-2. The van der Waals surface area contributed by atoms with E-state index in [9.17, 15) is 0 Å². The minimum Gasteiger partial charge on any atom is -0.456 e. The van der Waals surface area contributed by atoms with Crippen LogP contribution in [-0.2, 0) is 0 Å². The number of aromatic nitrogens is 1. The number of rotatable bonds is 4. The molecule has 0 saturated carbocycles. The number of nitrogens with zero attached hydrogens (tertiary/aromatic N) is 1. The Morgan fingerprint density at radius 2 is 1.12 bits per heavy atom. The van der Waals surface area contributed by atoms with Crippen LogP contribution in [0.2, 0.25) is 0 Å². The molecule has 1 aliphatic rings. The summed E-state index contributed by atoms with van der Waals surface area (Å²) in [5.41, 5.74) is 15.4. The van der Waals surface area contributed by atoms with E-state index in [0.29, 0.717) is 0 Å². The third-order valence-electron chi connectivity index (χ3n) is 10.5. The summed E-state index contributed by atoms with van der Waals surface area (Å²) in [4.78, 5) is 0. The van der Waals surface area contributed by atoms with E-state index in [1.165, 1.54) is 38.5 Å². The van der Waals surface area contributed by atoms with E-state index in [4.69, 9.17) is 8.83 Å². The molecule has 0 spiro atoms. The lowest BCUT2D eigenvalue weighted by Gasteiger charge is -2.17. The van der Waals surface area contributed by atoms with E-state index in [-0.39, 0.29) is 0 Å². The highest BCUT2D eigenvalue weighted by molar-refractivity contribution is 6.20. The van der Waals surface area contributed by atoms with Gasteiger partial charge in [-0.2, -0.15) is 0 Å². The van der Waals surface area contributed by atoms with Crippen molar-refractivity contribution < 1.29 is 8.83 Å². The fourth-order valence-electron chi connectivity index (χ4n) is 8.48. The molecule has 11 rings (SSSR count). The Morgan fingerprint density at radius 1 is 0.490 bits per heavy atom. The van der Waals surface area contributed by atoms with Gasteiger partial charge in [-0.3, -0.25) is 0 Å². The van der Waals surface area contributed by atoms with Gasteiger partial charge in [0.05, 0.1) is 16.7 Å². The molecule has 0 unspecified atom stereocenters. The Hall–Kier alpha value is -6.84. The molecule has 0 fully saturated rings. The van der Waals surface area contributed by atoms with Crippen molar-refractivity contribution in [2.24, 2.45) is 0 Å². The summed E-state index contributed by atoms with van der Waals surface area (Å²) < 4.78 is 15.4. The van der Waals surface area contributed by atoms with Gasteiger partial charge in [-0.1, -0.05) is 128 Å². The molecule has 0 atom stereocenters. The minimum atomic E-state index is 0.811. The Morgan fingerprint density at radius 3 is 1.96 bits per heavy atom. The highest BCUT2D eigenvalue weighted by atomic mass is 16.3. The van der Waals surface area contributed by atoms with E-state index >= 15 is 0 Å². The maximum Gasteiger partial charge on any atom is 0.136 e. The third kappa shape index (κ3) is 3.89. The topological polar surface area (TPSA) is 31.2 Å². The van der Waals surface area contributed by atoms with Crippen LogP contribution in [0.3, 0.4) is 0 Å². The van der Waals surface area contributed by atoms with Crippen molar-refractivity contribution in [1.29, 1.82) is 0 Å². The predicted molar refractivity (Wildman–Crippen MR) is 212 cm³/mol. The van der Waals surface area contributed by atoms with Crippen molar-refractivity contribution in [1.82, 2.24) is 4.57 Å². The number of benzene rings is 7. The van der Waals surface area contributed by atoms with E-state index in [1.54, 1.807) is 6.08 Å². The maximum absolute atomic E-state index is 6.53. The summed E-state index contributed by atoms with van der Waals surface area (Å²) in [6, 6.07) is 52.2. The fraction of sp³-hybridized carbons (Fsp3) is 0. The molecule has 1 aliphatic heterocycles. The van der Waals surface area contributed by atoms with Gasteiger partial charge in [-0.25, -0.2) is 0 Å². The van der Waals surface area contributed by atoms with Crippen molar-refractivity contribution in [3.05, 3.63) is 170 Å². The Balaban J connectivity index is 1.31. The van der Waals surface area contributed by atoms with Gasteiger partial charge in [0.2, 0.25) is 0 Å². The molecule has 51 heavy (non-hydrogen) atoms. The highest BCUT2D eigenvalue weighted by Gasteiger charge is 2.29. The van der Waals surface area contributed by atoms with Gasteiger partial charge in [0.1, 0.15) is 22.5 Å². The molecule has 0 amide bonds. The number of para-hydroxylation sites is 4. The van der Waals surface area contributed by atoms with Gasteiger partial charge in [-0.15, -0.1) is 0 Å². The fourth-order valence-corrected chi connectivity index (χ4v) is 8.48. The maximum atomic E-state index is 6.53. The second-order valence-corrected chi connectivity index (χ2v) is 13.2. The molecular weight excluding hydrogens is 623 g/mol. The summed E-state index contributed by atoms with van der Waals surface area (Å²) in [6.07, 6.45) is 5.76. The van der Waals surface area contributed by atoms with Crippen LogP contribution in [0.5, 0.6) is 0 Å². The summed E-state index contributed by atoms with van der Waals surface area (Å²) in [5, 5.41) is 5.77. The zero-order valence-electron chi connectivity index (χ0n) is 27.6. The number of fused-ring (bicyclic) bond motifs is 12. The van der Waals surface area contributed by atoms with Crippen molar-refractivity contribution in [2.45, 2.75) is 0 Å². The Labute approximate surface area is 293 Å². The van der Waals surface area contributed by atoms with Crippen molar-refractivity contribution >= 4 is 60.8 Å². The largest absolute Gasteiger partial charge is 0.456 e. The van der Waals surface area contributed by atoms with E-state index in [0.717, 1.165) is 72.1 Å². The normalized spacial score (nSPS) is 12.3. The highest BCUT2D eigenvalue weighted by Crippen LogP contribution is 2.52. The quantitative estimate of drug-likeness (QED) is 0.177. The Bertz CT molecular complexity index is 3110. The molecule has 0 N–H and O–H groups in total. The first-order valence-corrected chi connectivity index (χ1v) is 17.3. The zero-order chi connectivity index (χ0) is 33.6. The summed E-state index contributed by atoms with van der Waals surface area (Å²) in [7, 11) is 0. The van der Waals surface area contributed by atoms with Crippen LogP contribution in [0.4, 0.5) is 0 Å². The first-order valence-electron chi connectivity index (χ1n) is 17.3. The lowest BCUT2D eigenvalue weighted by Crippen LogP contribution is -1.99. The average molecular weight is 652 g/mol. The number of allylic oxidation sites excluding steroid dienone is 2. The van der Waals surface area contributed by atoms with E-state index in [2.05, 4.69) is 139 Å². The van der Waals surface area contributed by atoms with E-state index in [1.807, 2.05) is 30.4 Å². The van der Waals surface area contributed by atoms with Crippen LogP contribution in [0.25, 0.3) is 111 Å². The monoisotopic (exact) mass is 651 g/mol. The molecule has 0 saturated heterocycles. The smallest absolute Gasteiger partial charge is 0.136 e. The van der Waals surface area contributed by atoms with Crippen LogP contribution < -0.4 is 0 Å². The van der Waals surface area contributed by atoms with Gasteiger partial charge >= 0.3 is 0 Å². The number of furan rings is 2. The number of hydrogen-bond donors (Lipinski definition) is 0. The Kier molecular flexibility index (Phi) is 5.82. The lowest BCUT2D eigenvalue weighted by atomic mass is 9.89. The molecule has 3 aromatic heterocycles. The van der Waals surface area contributed by atoms with Crippen molar-refractivity contribution in [3.8, 4) is 50.2 Å². The van der Waals surface area contributed by atoms with Crippen LogP contribution in [0, 0.1) is 0 Å². The average Bonchev–Trinajstić information content (AvgIpc) is 3.83. The zero-order valence-corrected chi connectivity index (χ0v) is 27.6. The molecule has 4 heterocycles. The molecule has 0 radical (unpaired) electrons. The summed E-state index contributed by atoms with van der Waals surface area (Å²) in [6.45, 7) is 3.94. The first kappa shape index (κ1) is 28.0. The molecule has 7 aromatic carbocycles. The second-order valence-electron chi connectivity index (χ2n) is 13.2. The van der Waals surface area contributed by atoms with Gasteiger partial charge < -0.3 is 13.4 Å². The predicted octanol–water partition coefficient (Wildman–Crippen LogP) is 13.6. The van der Waals surface area contributed by atoms with Crippen LogP contribution in [-0.4, -0.2) is 4.57 Å². The molecule has 0 bridgehead atoms. The second kappa shape index (κ2) is 10.6. The van der Waals surface area contributed by atoms with E-state index < -0.39 is 0 Å². The van der Waals surface area contributed by atoms with Crippen LogP contribution in [0.1, 0.15) is 5.76 Å². The number of hydrogen-bond acceptors (Lipinski definition) is 2. The minimum absolute atomic E-state index is 0.811. The van der Waals surface area contributed by atoms with Gasteiger partial charge in [0.25, 0.3) is 0 Å². The van der Waals surface area contributed by atoms with Crippen molar-refractivity contribution in [2.75, 3.05) is 0 Å². The van der Waals surface area contributed by atoms with Gasteiger partial charge in [0, 0.05) is 49.2 Å². The lowest BCUT2D eigenvalue weighted by molar-refractivity contribution is 0.605. The van der Waals surface area contributed by atoms with Gasteiger partial charge in [0.15, 0.2) is 0 Å². The molecule has 238 valence electrons. The molecule has 3 nitrogen and oxygen atoms in total. The standard InChI is InChI=1S/C48H29NO2/c1-2-3-23-43-46(36-18-8-11-25-42(36)50-43)37-21-12-20-34-31-14-4-5-15-32(31)38-27-29(28-39-33-16-6-9-22-40(33)49(47(34)37)48(38)39)30-19-13-26-44-45(30)35-17-7-10-24-41(35)51-44/h2-28H,1H2/b23-3-.